The predicted molar refractivity (Wildman–Crippen MR) is 135 cm³/mol. The van der Waals surface area contributed by atoms with Crippen LogP contribution in [0.3, 0.4) is 0 Å². The zero-order chi connectivity index (χ0) is 22.3. The maximum Gasteiger partial charge on any atom is 0.126 e. The van der Waals surface area contributed by atoms with Crippen LogP contribution in [-0.2, 0) is 4.74 Å². The number of aryl methyl sites for hydroxylation is 1. The minimum atomic E-state index is -0.326. The van der Waals surface area contributed by atoms with Crippen LogP contribution in [0.5, 0.6) is 0 Å². The van der Waals surface area contributed by atoms with Crippen molar-refractivity contribution in [3.05, 3.63) is 76.3 Å². The van der Waals surface area contributed by atoms with Gasteiger partial charge in [0.1, 0.15) is 5.01 Å². The van der Waals surface area contributed by atoms with Gasteiger partial charge in [-0.05, 0) is 91.5 Å². The molecule has 0 N–H and O–H groups in total. The molecule has 0 aliphatic rings. The monoisotopic (exact) mass is 513 g/mol. The Balaban J connectivity index is 1.98. The molecule has 0 spiro atoms. The Morgan fingerprint density at radius 3 is 2.45 bits per heavy atom. The van der Waals surface area contributed by atoms with Gasteiger partial charge in [0, 0.05) is 33.0 Å². The lowest BCUT2D eigenvalue weighted by atomic mass is 9.92. The second-order valence-corrected chi connectivity index (χ2v) is 10.8. The molecule has 0 bridgehead atoms. The molecule has 0 unspecified atom stereocenters. The zero-order valence-electron chi connectivity index (χ0n) is 17.9. The minimum absolute atomic E-state index is 0.314. The normalized spacial score (nSPS) is 13.0. The number of benzene rings is 2. The molecule has 4 rings (SSSR count). The molecular formula is C25H23BrClN2OS. The van der Waals surface area contributed by atoms with Gasteiger partial charge in [0.05, 0.1) is 21.9 Å². The van der Waals surface area contributed by atoms with Gasteiger partial charge in [0.25, 0.3) is 0 Å². The van der Waals surface area contributed by atoms with Crippen LogP contribution in [0.4, 0.5) is 0 Å². The Morgan fingerprint density at radius 2 is 1.81 bits per heavy atom. The molecule has 31 heavy (non-hydrogen) atoms. The zero-order valence-corrected chi connectivity index (χ0v) is 21.0. The van der Waals surface area contributed by atoms with Gasteiger partial charge in [0.15, 0.2) is 0 Å². The molecule has 3 nitrogen and oxygen atoms in total. The largest absolute Gasteiger partial charge is 0.368 e. The van der Waals surface area contributed by atoms with Gasteiger partial charge in [-0.25, -0.2) is 4.98 Å². The Morgan fingerprint density at radius 1 is 1.10 bits per heavy atom. The van der Waals surface area contributed by atoms with Crippen molar-refractivity contribution in [3.63, 3.8) is 0 Å². The van der Waals surface area contributed by atoms with Crippen molar-refractivity contribution >= 4 is 49.1 Å². The van der Waals surface area contributed by atoms with E-state index in [0.29, 0.717) is 5.02 Å². The number of hydrogen-bond acceptors (Lipinski definition) is 4. The summed E-state index contributed by atoms with van der Waals surface area (Å²) in [5.41, 5.74) is 5.97. The van der Waals surface area contributed by atoms with E-state index in [9.17, 15) is 0 Å². The van der Waals surface area contributed by atoms with Crippen molar-refractivity contribution in [2.24, 2.45) is 0 Å². The number of nitrogens with zero attached hydrogens (tertiary/aromatic N) is 2. The molecule has 0 aliphatic carbocycles. The van der Waals surface area contributed by atoms with Gasteiger partial charge in [-0.15, -0.1) is 11.3 Å². The predicted octanol–water partition coefficient (Wildman–Crippen LogP) is 8.44. The molecule has 0 amide bonds. The van der Waals surface area contributed by atoms with Crippen molar-refractivity contribution < 1.29 is 4.74 Å². The van der Waals surface area contributed by atoms with Gasteiger partial charge in [-0.2, -0.15) is 0 Å². The third-order valence-electron chi connectivity index (χ3n) is 4.83. The Bertz CT molecular complexity index is 1250. The second kappa shape index (κ2) is 8.62. The summed E-state index contributed by atoms with van der Waals surface area (Å²) in [7, 11) is 0. The quantitative estimate of drug-likeness (QED) is 0.274. The fourth-order valence-electron chi connectivity index (χ4n) is 3.67. The molecule has 159 valence electrons. The van der Waals surface area contributed by atoms with Gasteiger partial charge < -0.3 is 4.74 Å². The number of thiazole rings is 1. The molecule has 1 atom stereocenters. The highest BCUT2D eigenvalue weighted by Gasteiger charge is 2.25. The fraction of sp³-hybridized carbons (Fsp3) is 0.240. The number of pyridine rings is 1. The molecule has 0 saturated heterocycles. The summed E-state index contributed by atoms with van der Waals surface area (Å²) in [6.07, 6.45) is 3.29. The number of fused-ring (bicyclic) bond motifs is 1. The van der Waals surface area contributed by atoms with Gasteiger partial charge in [-0.3, -0.25) is 4.98 Å². The molecule has 2 aromatic heterocycles. The van der Waals surface area contributed by atoms with Crippen molar-refractivity contribution in [1.82, 2.24) is 9.97 Å². The first-order valence-corrected chi connectivity index (χ1v) is 11.9. The third-order valence-corrected chi connectivity index (χ3v) is 6.65. The lowest BCUT2D eigenvalue weighted by Gasteiger charge is -2.28. The fourth-order valence-corrected chi connectivity index (χ4v) is 5.26. The molecule has 0 aliphatic heterocycles. The van der Waals surface area contributed by atoms with E-state index < -0.39 is 0 Å². The van der Waals surface area contributed by atoms with Crippen molar-refractivity contribution in [2.45, 2.75) is 39.4 Å². The number of rotatable bonds is 4. The SMILES string of the molecule is [CH2][C@H](OC(C)(C)C)c1c(C)cc2nc(-c3cncc(Br)c3)sc2c1-c1ccc(Cl)cc1. The Hall–Kier alpha value is -1.79. The van der Waals surface area contributed by atoms with E-state index in [-0.39, 0.29) is 11.7 Å². The Kier molecular flexibility index (Phi) is 6.23. The topological polar surface area (TPSA) is 35.0 Å². The first-order valence-electron chi connectivity index (χ1n) is 9.94. The van der Waals surface area contributed by atoms with Crippen molar-refractivity contribution in [2.75, 3.05) is 0 Å². The number of ether oxygens (including phenoxy) is 1. The number of hydrogen-bond donors (Lipinski definition) is 0. The molecule has 1 radical (unpaired) electrons. The van der Waals surface area contributed by atoms with Crippen LogP contribution in [0.15, 0.2) is 53.3 Å². The van der Waals surface area contributed by atoms with Gasteiger partial charge >= 0.3 is 0 Å². The van der Waals surface area contributed by atoms with E-state index in [1.807, 2.05) is 57.3 Å². The van der Waals surface area contributed by atoms with Crippen LogP contribution < -0.4 is 0 Å². The highest BCUT2D eigenvalue weighted by molar-refractivity contribution is 9.10. The molecule has 6 heteroatoms. The van der Waals surface area contributed by atoms with Crippen LogP contribution in [-0.4, -0.2) is 15.6 Å². The lowest BCUT2D eigenvalue weighted by molar-refractivity contribution is -0.0408. The first-order chi connectivity index (χ1) is 14.6. The maximum atomic E-state index is 6.28. The molecule has 2 aromatic carbocycles. The maximum absolute atomic E-state index is 6.28. The summed E-state index contributed by atoms with van der Waals surface area (Å²) >= 11 is 11.3. The van der Waals surface area contributed by atoms with Crippen molar-refractivity contribution in [3.8, 4) is 21.7 Å². The van der Waals surface area contributed by atoms with Crippen LogP contribution >= 0.6 is 38.9 Å². The van der Waals surface area contributed by atoms with E-state index in [1.54, 1.807) is 17.5 Å². The average molecular weight is 515 g/mol. The minimum Gasteiger partial charge on any atom is -0.368 e. The van der Waals surface area contributed by atoms with Crippen LogP contribution in [0.25, 0.3) is 31.9 Å². The summed E-state index contributed by atoms with van der Waals surface area (Å²) in [6.45, 7) is 12.6. The standard InChI is InChI=1S/C25H23BrClN2OS/c1-14-10-20-23(31-24(29-20)17-11-18(26)13-28-12-17)22(16-6-8-19(27)9-7-16)21(14)15(2)30-25(3,4)5/h6-13,15H,2H2,1,3-5H3/t15-/m0/s1. The van der Waals surface area contributed by atoms with Crippen molar-refractivity contribution in [1.29, 1.82) is 0 Å². The van der Waals surface area contributed by atoms with Gasteiger partial charge in [-0.1, -0.05) is 23.7 Å². The summed E-state index contributed by atoms with van der Waals surface area (Å²) in [4.78, 5) is 9.23. The van der Waals surface area contributed by atoms with E-state index in [0.717, 1.165) is 47.5 Å². The van der Waals surface area contributed by atoms with Crippen LogP contribution in [0.2, 0.25) is 5.02 Å². The molecular weight excluding hydrogens is 492 g/mol. The summed E-state index contributed by atoms with van der Waals surface area (Å²) in [6, 6.07) is 12.1. The smallest absolute Gasteiger partial charge is 0.126 e. The van der Waals surface area contributed by atoms with E-state index in [2.05, 4.69) is 40.8 Å². The van der Waals surface area contributed by atoms with Crippen LogP contribution in [0.1, 0.15) is 38.0 Å². The summed E-state index contributed by atoms with van der Waals surface area (Å²) in [5.74, 6) is 0. The third kappa shape index (κ3) is 4.85. The first kappa shape index (κ1) is 22.4. The number of halogens is 2. The average Bonchev–Trinajstić information content (AvgIpc) is 3.10. The lowest BCUT2D eigenvalue weighted by Crippen LogP contribution is -2.22. The number of aromatic nitrogens is 2. The molecule has 2 heterocycles. The second-order valence-electron chi connectivity index (χ2n) is 8.47. The van der Waals surface area contributed by atoms with Crippen LogP contribution in [0, 0.1) is 13.8 Å². The summed E-state index contributed by atoms with van der Waals surface area (Å²) < 4.78 is 8.30. The van der Waals surface area contributed by atoms with E-state index >= 15 is 0 Å². The van der Waals surface area contributed by atoms with E-state index in [4.69, 9.17) is 21.3 Å². The van der Waals surface area contributed by atoms with Gasteiger partial charge in [0.2, 0.25) is 0 Å². The molecule has 0 fully saturated rings. The van der Waals surface area contributed by atoms with E-state index in [1.165, 1.54) is 0 Å². The summed E-state index contributed by atoms with van der Waals surface area (Å²) in [5, 5.41) is 1.63. The molecule has 0 saturated carbocycles. The highest BCUT2D eigenvalue weighted by Crippen LogP contribution is 2.44. The Labute approximate surface area is 200 Å². The molecule has 4 aromatic rings. The highest BCUT2D eigenvalue weighted by atomic mass is 79.9.